The number of sulfonamides is 1. The number of nitrogens with zero attached hydrogens (tertiary/aromatic N) is 5. The van der Waals surface area contributed by atoms with Crippen LogP contribution in [0.5, 0.6) is 0 Å². The highest BCUT2D eigenvalue weighted by Gasteiger charge is 2.35. The van der Waals surface area contributed by atoms with Crippen molar-refractivity contribution in [3.63, 3.8) is 0 Å². The maximum Gasteiger partial charge on any atom is 0.416 e. The molecule has 2 N–H and O–H groups in total. The predicted molar refractivity (Wildman–Crippen MR) is 133 cm³/mol. The third-order valence-corrected chi connectivity index (χ3v) is 9.68. The second kappa shape index (κ2) is 10.1. The average Bonchev–Trinajstić information content (AvgIpc) is 3.61. The first-order valence-corrected chi connectivity index (χ1v) is 13.8. The molecule has 17 heteroatoms. The van der Waals surface area contributed by atoms with E-state index in [-0.39, 0.29) is 57.0 Å². The standard InChI is InChI=1S/C23H19F5N6O4S2/c1-11-21(40(37,38)33-7-6-14(35)10-33)39-22(30-11)32-20(36)15-9-29-34-17(18(24)25)8-16(31-19(15)34)12-2-4-13(5-3-12)23(26,27)28/h2-5,8-9,14,18,35H,6-7,10H2,1H3,(H,30,32,36)/t14-/m1/s1. The van der Waals surface area contributed by atoms with Crippen LogP contribution >= 0.6 is 11.3 Å². The van der Waals surface area contributed by atoms with Gasteiger partial charge in [0.2, 0.25) is 0 Å². The zero-order valence-electron chi connectivity index (χ0n) is 20.4. The number of aromatic nitrogens is 4. The fourth-order valence-electron chi connectivity index (χ4n) is 4.17. The van der Waals surface area contributed by atoms with E-state index in [2.05, 4.69) is 20.4 Å². The molecule has 1 aliphatic heterocycles. The Kier molecular flexibility index (Phi) is 7.10. The van der Waals surface area contributed by atoms with Gasteiger partial charge in [0, 0.05) is 18.7 Å². The lowest BCUT2D eigenvalue weighted by Gasteiger charge is -2.14. The largest absolute Gasteiger partial charge is 0.416 e. The number of hydrogen-bond acceptors (Lipinski definition) is 8. The molecule has 1 aromatic carbocycles. The van der Waals surface area contributed by atoms with Gasteiger partial charge in [-0.05, 0) is 31.5 Å². The minimum atomic E-state index is -4.59. The number of carbonyl (C=O) groups excluding carboxylic acids is 1. The predicted octanol–water partition coefficient (Wildman–Crippen LogP) is 4.13. The van der Waals surface area contributed by atoms with Gasteiger partial charge in [-0.25, -0.2) is 31.7 Å². The Balaban J connectivity index is 1.48. The number of halogens is 5. The molecule has 0 bridgehead atoms. The van der Waals surface area contributed by atoms with Crippen LogP contribution in [-0.4, -0.2) is 62.5 Å². The number of hydrogen-bond donors (Lipinski definition) is 2. The van der Waals surface area contributed by atoms with Crippen LogP contribution in [0.3, 0.4) is 0 Å². The summed E-state index contributed by atoms with van der Waals surface area (Å²) in [5.74, 6) is -0.874. The molecule has 5 rings (SSSR count). The van der Waals surface area contributed by atoms with Gasteiger partial charge in [-0.15, -0.1) is 0 Å². The molecule has 1 saturated heterocycles. The van der Waals surface area contributed by atoms with E-state index in [1.165, 1.54) is 6.92 Å². The van der Waals surface area contributed by atoms with Crippen molar-refractivity contribution in [3.8, 4) is 11.3 Å². The van der Waals surface area contributed by atoms with Crippen LogP contribution in [0.2, 0.25) is 0 Å². The van der Waals surface area contributed by atoms with Crippen molar-refractivity contribution in [1.29, 1.82) is 0 Å². The summed E-state index contributed by atoms with van der Waals surface area (Å²) < 4.78 is 94.2. The number of rotatable bonds is 6. The fraction of sp³-hybridized carbons (Fsp3) is 0.304. The maximum absolute atomic E-state index is 13.9. The molecule has 0 radical (unpaired) electrons. The van der Waals surface area contributed by atoms with E-state index in [1.807, 2.05) is 0 Å². The van der Waals surface area contributed by atoms with E-state index in [4.69, 9.17) is 0 Å². The first kappa shape index (κ1) is 28.0. The molecule has 40 heavy (non-hydrogen) atoms. The fourth-order valence-corrected chi connectivity index (χ4v) is 7.20. The SMILES string of the molecule is Cc1nc(NC(=O)c2cnn3c(C(F)F)cc(-c4ccc(C(F)(F)F)cc4)nc23)sc1S(=O)(=O)N1CC[C@@H](O)C1. The lowest BCUT2D eigenvalue weighted by molar-refractivity contribution is -0.137. The number of carbonyl (C=O) groups is 1. The summed E-state index contributed by atoms with van der Waals surface area (Å²) in [4.78, 5) is 21.4. The van der Waals surface area contributed by atoms with Crippen molar-refractivity contribution in [2.75, 3.05) is 18.4 Å². The number of nitrogens with one attached hydrogen (secondary N) is 1. The third-order valence-electron chi connectivity index (χ3n) is 6.15. The van der Waals surface area contributed by atoms with Crippen LogP contribution in [-0.2, 0) is 16.2 Å². The minimum absolute atomic E-state index is 0.0663. The number of fused-ring (bicyclic) bond motifs is 1. The van der Waals surface area contributed by atoms with E-state index in [0.717, 1.165) is 45.3 Å². The molecule has 0 aliphatic carbocycles. The van der Waals surface area contributed by atoms with Crippen molar-refractivity contribution in [3.05, 3.63) is 59.0 Å². The smallest absolute Gasteiger partial charge is 0.392 e. The second-order valence-corrected chi connectivity index (χ2v) is 12.0. The molecule has 1 fully saturated rings. The summed E-state index contributed by atoms with van der Waals surface area (Å²) in [6.07, 6.45) is -7.16. The molecular formula is C23H19F5N6O4S2. The lowest BCUT2D eigenvalue weighted by atomic mass is 10.1. The van der Waals surface area contributed by atoms with Crippen LogP contribution in [0, 0.1) is 6.92 Å². The highest BCUT2D eigenvalue weighted by Crippen LogP contribution is 2.34. The number of aliphatic hydroxyl groups is 1. The molecule has 0 spiro atoms. The zero-order valence-corrected chi connectivity index (χ0v) is 22.0. The number of β-amino-alcohol motifs (C(OH)–C–C–N with tert-alkyl or cyclic N) is 1. The van der Waals surface area contributed by atoms with E-state index in [9.17, 15) is 40.3 Å². The number of benzene rings is 1. The summed E-state index contributed by atoms with van der Waals surface area (Å²) in [5.41, 5.74) is -2.03. The van der Waals surface area contributed by atoms with Gasteiger partial charge in [-0.3, -0.25) is 10.1 Å². The molecule has 1 aliphatic rings. The maximum atomic E-state index is 13.9. The Labute approximate surface area is 227 Å². The van der Waals surface area contributed by atoms with Gasteiger partial charge in [0.15, 0.2) is 15.0 Å². The van der Waals surface area contributed by atoms with E-state index in [1.54, 1.807) is 0 Å². The first-order chi connectivity index (χ1) is 18.8. The average molecular weight is 603 g/mol. The molecule has 3 aromatic heterocycles. The zero-order chi connectivity index (χ0) is 29.0. The first-order valence-electron chi connectivity index (χ1n) is 11.6. The van der Waals surface area contributed by atoms with Crippen LogP contribution in [0.25, 0.3) is 16.9 Å². The Morgan fingerprint density at radius 2 is 1.90 bits per heavy atom. The molecule has 0 saturated carbocycles. The number of amides is 1. The van der Waals surface area contributed by atoms with Crippen molar-refractivity contribution in [1.82, 2.24) is 23.9 Å². The summed E-state index contributed by atoms with van der Waals surface area (Å²) >= 11 is 0.683. The highest BCUT2D eigenvalue weighted by atomic mass is 32.2. The summed E-state index contributed by atoms with van der Waals surface area (Å²) in [6, 6.07) is 4.68. The Morgan fingerprint density at radius 3 is 2.50 bits per heavy atom. The monoisotopic (exact) mass is 602 g/mol. The third kappa shape index (κ3) is 5.16. The van der Waals surface area contributed by atoms with E-state index in [0.29, 0.717) is 11.3 Å². The van der Waals surface area contributed by atoms with Crippen LogP contribution in [0.4, 0.5) is 27.1 Å². The topological polar surface area (TPSA) is 130 Å². The molecule has 10 nitrogen and oxygen atoms in total. The molecule has 1 amide bonds. The number of aryl methyl sites for hydroxylation is 1. The van der Waals surface area contributed by atoms with Gasteiger partial charge in [-0.1, -0.05) is 23.5 Å². The second-order valence-electron chi connectivity index (χ2n) is 8.89. The van der Waals surface area contributed by atoms with Gasteiger partial charge in [0.05, 0.1) is 29.3 Å². The van der Waals surface area contributed by atoms with E-state index < -0.39 is 45.9 Å². The summed E-state index contributed by atoms with van der Waals surface area (Å²) in [6.45, 7) is 1.50. The molecule has 4 aromatic rings. The normalized spacial score (nSPS) is 16.8. The van der Waals surface area contributed by atoms with Gasteiger partial charge in [-0.2, -0.15) is 22.6 Å². The van der Waals surface area contributed by atoms with Crippen LogP contribution in [0.15, 0.2) is 40.7 Å². The summed E-state index contributed by atoms with van der Waals surface area (Å²) in [7, 11) is -3.97. The molecule has 0 unspecified atom stereocenters. The quantitative estimate of drug-likeness (QED) is 0.318. The number of aliphatic hydroxyl groups excluding tert-OH is 1. The summed E-state index contributed by atoms with van der Waals surface area (Å²) in [5, 5.41) is 15.9. The van der Waals surface area contributed by atoms with E-state index >= 15 is 0 Å². The lowest BCUT2D eigenvalue weighted by Crippen LogP contribution is -2.29. The van der Waals surface area contributed by atoms with Gasteiger partial charge < -0.3 is 5.11 Å². The van der Waals surface area contributed by atoms with Crippen LogP contribution in [0.1, 0.15) is 40.2 Å². The Bertz CT molecular complexity index is 1700. The Morgan fingerprint density at radius 1 is 1.20 bits per heavy atom. The van der Waals surface area contributed by atoms with Crippen molar-refractivity contribution < 1.29 is 40.3 Å². The molecular weight excluding hydrogens is 583 g/mol. The van der Waals surface area contributed by atoms with Crippen LogP contribution < -0.4 is 5.32 Å². The van der Waals surface area contributed by atoms with Gasteiger partial charge in [0.25, 0.3) is 22.4 Å². The number of alkyl halides is 5. The van der Waals surface area contributed by atoms with Crippen molar-refractivity contribution in [2.45, 2.75) is 36.3 Å². The minimum Gasteiger partial charge on any atom is -0.392 e. The van der Waals surface area contributed by atoms with Crippen molar-refractivity contribution in [2.24, 2.45) is 0 Å². The molecule has 4 heterocycles. The molecule has 212 valence electrons. The Hall–Kier alpha value is -3.54. The number of anilines is 1. The molecule has 1 atom stereocenters. The highest BCUT2D eigenvalue weighted by molar-refractivity contribution is 7.91. The van der Waals surface area contributed by atoms with Gasteiger partial charge >= 0.3 is 6.18 Å². The van der Waals surface area contributed by atoms with Crippen molar-refractivity contribution >= 4 is 38.0 Å². The van der Waals surface area contributed by atoms with Gasteiger partial charge in [0.1, 0.15) is 11.3 Å². The number of thiazole rings is 1.